The number of carbonyl (C=O) groups excluding carboxylic acids is 2. The number of rotatable bonds is 7. The van der Waals surface area contributed by atoms with Crippen LogP contribution in [0.25, 0.3) is 11.3 Å². The number of Topliss-reactive ketones (excluding diaryl/α,β-unsaturated/α-hetero) is 1. The number of aromatic nitrogens is 1. The van der Waals surface area contributed by atoms with E-state index in [2.05, 4.69) is 5.32 Å². The highest BCUT2D eigenvalue weighted by Gasteiger charge is 2.50. The van der Waals surface area contributed by atoms with Gasteiger partial charge in [-0.1, -0.05) is 36.4 Å². The molecule has 2 aliphatic rings. The van der Waals surface area contributed by atoms with Crippen LogP contribution in [0.1, 0.15) is 38.0 Å². The van der Waals surface area contributed by atoms with Crippen molar-refractivity contribution in [1.29, 1.82) is 0 Å². The molecule has 0 unspecified atom stereocenters. The van der Waals surface area contributed by atoms with Gasteiger partial charge in [0, 0.05) is 32.6 Å². The molecule has 2 aromatic carbocycles. The minimum atomic E-state index is -0.440. The highest BCUT2D eigenvalue weighted by molar-refractivity contribution is 5.94. The third-order valence-corrected chi connectivity index (χ3v) is 6.15. The van der Waals surface area contributed by atoms with Crippen LogP contribution in [0.5, 0.6) is 11.5 Å². The van der Waals surface area contributed by atoms with Gasteiger partial charge in [0.25, 0.3) is 0 Å². The quantitative estimate of drug-likeness (QED) is 0.608. The second-order valence-corrected chi connectivity index (χ2v) is 8.37. The van der Waals surface area contributed by atoms with E-state index in [4.69, 9.17) is 14.5 Å². The fourth-order valence-corrected chi connectivity index (χ4v) is 4.14. The van der Waals surface area contributed by atoms with Crippen molar-refractivity contribution in [1.82, 2.24) is 10.3 Å². The third-order valence-electron chi connectivity index (χ3n) is 6.15. The van der Waals surface area contributed by atoms with Gasteiger partial charge in [0.05, 0.1) is 11.1 Å². The Labute approximate surface area is 188 Å². The van der Waals surface area contributed by atoms with Gasteiger partial charge in [-0.2, -0.15) is 0 Å². The standard InChI is InChI=1S/C26H24N2O4.H2/c1-17(29)27-15-18-5-7-19(8-6-18)22-4-2-3-21(28-22)14-25(30)26(11-12-26)20-9-10-23-24(13-20)32-16-31-23;/h2-10,13H,11-12,14-16H2,1H3,(H,27,29);1H. The summed E-state index contributed by atoms with van der Waals surface area (Å²) in [7, 11) is 0. The summed E-state index contributed by atoms with van der Waals surface area (Å²) in [4.78, 5) is 29.1. The van der Waals surface area contributed by atoms with Crippen molar-refractivity contribution in [3.63, 3.8) is 0 Å². The van der Waals surface area contributed by atoms with E-state index in [0.717, 1.165) is 46.7 Å². The summed E-state index contributed by atoms with van der Waals surface area (Å²) >= 11 is 0. The van der Waals surface area contributed by atoms with Gasteiger partial charge in [0.15, 0.2) is 11.5 Å². The number of ketones is 1. The fourth-order valence-electron chi connectivity index (χ4n) is 4.14. The maximum Gasteiger partial charge on any atom is 0.231 e. The zero-order valence-electron chi connectivity index (χ0n) is 17.9. The number of amides is 1. The zero-order valence-corrected chi connectivity index (χ0v) is 17.9. The molecule has 1 N–H and O–H groups in total. The van der Waals surface area contributed by atoms with Crippen LogP contribution in [0.3, 0.4) is 0 Å². The Balaban J connectivity index is 0.00000259. The van der Waals surface area contributed by atoms with Gasteiger partial charge in [-0.3, -0.25) is 14.6 Å². The predicted molar refractivity (Wildman–Crippen MR) is 121 cm³/mol. The number of fused-ring (bicyclic) bond motifs is 1. The third kappa shape index (κ3) is 3.96. The van der Waals surface area contributed by atoms with Crippen LogP contribution >= 0.6 is 0 Å². The summed E-state index contributed by atoms with van der Waals surface area (Å²) < 4.78 is 10.9. The number of benzene rings is 2. The first-order valence-electron chi connectivity index (χ1n) is 10.8. The molecule has 0 bridgehead atoms. The molecule has 0 saturated heterocycles. The summed E-state index contributed by atoms with van der Waals surface area (Å²) in [5.74, 6) is 1.58. The Morgan fingerprint density at radius 3 is 2.56 bits per heavy atom. The Morgan fingerprint density at radius 2 is 1.81 bits per heavy atom. The highest BCUT2D eigenvalue weighted by atomic mass is 16.7. The van der Waals surface area contributed by atoms with Crippen LogP contribution in [0.2, 0.25) is 0 Å². The maximum atomic E-state index is 13.3. The first kappa shape index (κ1) is 20.2. The van der Waals surface area contributed by atoms with Gasteiger partial charge in [0.2, 0.25) is 12.7 Å². The molecule has 1 amide bonds. The Hall–Kier alpha value is -3.67. The van der Waals surface area contributed by atoms with E-state index in [1.807, 2.05) is 60.7 Å². The normalized spacial score (nSPS) is 15.3. The average molecular weight is 431 g/mol. The first-order valence-corrected chi connectivity index (χ1v) is 10.8. The smallest absolute Gasteiger partial charge is 0.231 e. The molecular formula is C26H26N2O4. The number of pyridine rings is 1. The molecule has 1 aromatic heterocycles. The van der Waals surface area contributed by atoms with Gasteiger partial charge in [0.1, 0.15) is 5.78 Å². The molecule has 6 nitrogen and oxygen atoms in total. The van der Waals surface area contributed by atoms with E-state index in [1.165, 1.54) is 6.92 Å². The number of nitrogens with one attached hydrogen (secondary N) is 1. The largest absolute Gasteiger partial charge is 0.454 e. The second kappa shape index (κ2) is 8.11. The monoisotopic (exact) mass is 430 g/mol. The topological polar surface area (TPSA) is 77.5 Å². The summed E-state index contributed by atoms with van der Waals surface area (Å²) in [6.07, 6.45) is 1.99. The molecule has 1 saturated carbocycles. The Kier molecular flexibility index (Phi) is 5.13. The van der Waals surface area contributed by atoms with Crippen molar-refractivity contribution < 1.29 is 20.5 Å². The molecule has 0 radical (unpaired) electrons. The SMILES string of the molecule is CC(=O)NCc1ccc(-c2cccc(CC(=O)C3(c4ccc5c(c4)OCO5)CC3)n2)cc1.[HH]. The summed E-state index contributed by atoms with van der Waals surface area (Å²) in [5.41, 5.74) is 4.15. The lowest BCUT2D eigenvalue weighted by molar-refractivity contribution is -0.121. The predicted octanol–water partition coefficient (Wildman–Crippen LogP) is 4.20. The minimum absolute atomic E-state index is 0. The molecule has 32 heavy (non-hydrogen) atoms. The van der Waals surface area contributed by atoms with Crippen molar-refractivity contribution in [2.45, 2.75) is 38.1 Å². The number of ether oxygens (including phenoxy) is 2. The number of nitrogens with zero attached hydrogens (tertiary/aromatic N) is 1. The van der Waals surface area contributed by atoms with Crippen LogP contribution in [-0.2, 0) is 28.0 Å². The van der Waals surface area contributed by atoms with Gasteiger partial charge >= 0.3 is 0 Å². The average Bonchev–Trinajstić information content (AvgIpc) is 3.49. The van der Waals surface area contributed by atoms with Crippen LogP contribution in [-0.4, -0.2) is 23.5 Å². The van der Waals surface area contributed by atoms with E-state index in [0.29, 0.717) is 18.7 Å². The Morgan fingerprint density at radius 1 is 1.03 bits per heavy atom. The van der Waals surface area contributed by atoms with Crippen LogP contribution < -0.4 is 14.8 Å². The maximum absolute atomic E-state index is 13.3. The van der Waals surface area contributed by atoms with Gasteiger partial charge < -0.3 is 14.8 Å². The van der Waals surface area contributed by atoms with Gasteiger partial charge in [-0.15, -0.1) is 0 Å². The van der Waals surface area contributed by atoms with Crippen LogP contribution in [0, 0.1) is 0 Å². The van der Waals surface area contributed by atoms with E-state index in [-0.39, 0.29) is 19.9 Å². The Bertz CT molecular complexity index is 1190. The van der Waals surface area contributed by atoms with Gasteiger partial charge in [-0.25, -0.2) is 0 Å². The molecule has 164 valence electrons. The molecular weight excluding hydrogens is 404 g/mol. The van der Waals surface area contributed by atoms with Crippen molar-refractivity contribution in [2.75, 3.05) is 6.79 Å². The lowest BCUT2D eigenvalue weighted by atomic mass is 9.88. The molecule has 3 aromatic rings. The molecule has 1 fully saturated rings. The van der Waals surface area contributed by atoms with E-state index in [1.54, 1.807) is 0 Å². The number of carbonyl (C=O) groups is 2. The van der Waals surface area contributed by atoms with E-state index < -0.39 is 5.41 Å². The molecule has 0 spiro atoms. The van der Waals surface area contributed by atoms with E-state index in [9.17, 15) is 9.59 Å². The lowest BCUT2D eigenvalue weighted by Crippen LogP contribution is -2.23. The molecule has 2 heterocycles. The van der Waals surface area contributed by atoms with E-state index >= 15 is 0 Å². The number of hydrogen-bond donors (Lipinski definition) is 1. The van der Waals surface area contributed by atoms with Crippen molar-refractivity contribution in [3.8, 4) is 22.8 Å². The first-order chi connectivity index (χ1) is 15.5. The fraction of sp³-hybridized carbons (Fsp3) is 0.269. The molecule has 6 heteroatoms. The van der Waals surface area contributed by atoms with Crippen molar-refractivity contribution >= 4 is 11.7 Å². The summed E-state index contributed by atoms with van der Waals surface area (Å²) in [6.45, 7) is 2.23. The van der Waals surface area contributed by atoms with Gasteiger partial charge in [-0.05, 0) is 48.2 Å². The van der Waals surface area contributed by atoms with Crippen LogP contribution in [0.4, 0.5) is 0 Å². The summed E-state index contributed by atoms with van der Waals surface area (Å²) in [5, 5.41) is 2.79. The molecule has 5 rings (SSSR count). The number of hydrogen-bond acceptors (Lipinski definition) is 5. The minimum Gasteiger partial charge on any atom is -0.454 e. The van der Waals surface area contributed by atoms with Crippen molar-refractivity contribution in [3.05, 3.63) is 77.5 Å². The van der Waals surface area contributed by atoms with Crippen molar-refractivity contribution in [2.24, 2.45) is 0 Å². The van der Waals surface area contributed by atoms with Crippen LogP contribution in [0.15, 0.2) is 60.7 Å². The molecule has 1 aliphatic carbocycles. The molecule has 0 atom stereocenters. The zero-order chi connectivity index (χ0) is 22.1. The lowest BCUT2D eigenvalue weighted by Gasteiger charge is -2.15. The second-order valence-electron chi connectivity index (χ2n) is 8.37. The highest BCUT2D eigenvalue weighted by Crippen LogP contribution is 2.51. The molecule has 1 aliphatic heterocycles. The summed E-state index contributed by atoms with van der Waals surface area (Å²) in [6, 6.07) is 19.5.